The summed E-state index contributed by atoms with van der Waals surface area (Å²) < 4.78 is 7.24. The fraction of sp³-hybridized carbons (Fsp3) is 0.286. The monoisotopic (exact) mass is 521 g/mol. The van der Waals surface area contributed by atoms with Gasteiger partial charge in [-0.05, 0) is 77.8 Å². The van der Waals surface area contributed by atoms with Gasteiger partial charge in [-0.2, -0.15) is 0 Å². The van der Waals surface area contributed by atoms with Gasteiger partial charge < -0.3 is 15.2 Å². The number of carboxylic acid groups (broad SMARTS) is 1. The van der Waals surface area contributed by atoms with Crippen molar-refractivity contribution < 1.29 is 19.4 Å². The molecule has 3 aromatic carbocycles. The van der Waals surface area contributed by atoms with Crippen molar-refractivity contribution in [3.05, 3.63) is 93.5 Å². The smallest absolute Gasteiger partial charge is 0.335 e. The Balaban J connectivity index is 1.67. The van der Waals surface area contributed by atoms with E-state index in [0.29, 0.717) is 18.7 Å². The molecule has 0 aromatic heterocycles. The second-order valence-electron chi connectivity index (χ2n) is 8.65. The number of hydrogen-bond donors (Lipinski definition) is 2. The quantitative estimate of drug-likeness (QED) is 0.330. The molecule has 1 fully saturated rings. The number of nitrogens with one attached hydrogen (secondary N) is 1. The summed E-state index contributed by atoms with van der Waals surface area (Å²) in [6.45, 7) is 2.25. The third kappa shape index (κ3) is 5.68. The molecule has 34 heavy (non-hydrogen) atoms. The summed E-state index contributed by atoms with van der Waals surface area (Å²) in [5.74, 6) is 0.0163. The Kier molecular flexibility index (Phi) is 7.68. The lowest BCUT2D eigenvalue weighted by atomic mass is 9.83. The zero-order chi connectivity index (χ0) is 24.1. The Morgan fingerprint density at radius 2 is 1.79 bits per heavy atom. The van der Waals surface area contributed by atoms with Crippen molar-refractivity contribution in [2.75, 3.05) is 5.32 Å². The van der Waals surface area contributed by atoms with E-state index in [1.807, 2.05) is 48.5 Å². The lowest BCUT2D eigenvalue weighted by Gasteiger charge is -2.24. The van der Waals surface area contributed by atoms with E-state index in [0.717, 1.165) is 46.2 Å². The van der Waals surface area contributed by atoms with E-state index in [-0.39, 0.29) is 23.3 Å². The predicted molar refractivity (Wildman–Crippen MR) is 137 cm³/mol. The maximum Gasteiger partial charge on any atom is 0.335 e. The Labute approximate surface area is 208 Å². The van der Waals surface area contributed by atoms with Gasteiger partial charge in [0.05, 0.1) is 5.56 Å². The van der Waals surface area contributed by atoms with E-state index in [1.165, 1.54) is 6.07 Å². The molecule has 0 saturated heterocycles. The average Bonchev–Trinajstić information content (AvgIpc) is 3.33. The lowest BCUT2D eigenvalue weighted by Crippen LogP contribution is -2.13. The van der Waals surface area contributed by atoms with Crippen molar-refractivity contribution in [1.82, 2.24) is 0 Å². The van der Waals surface area contributed by atoms with Crippen LogP contribution in [0.25, 0.3) is 0 Å². The highest BCUT2D eigenvalue weighted by atomic mass is 79.9. The maximum absolute atomic E-state index is 12.0. The zero-order valence-electron chi connectivity index (χ0n) is 19.1. The van der Waals surface area contributed by atoms with Crippen LogP contribution in [0.1, 0.15) is 71.5 Å². The van der Waals surface area contributed by atoms with Crippen LogP contribution in [0.4, 0.5) is 5.69 Å². The van der Waals surface area contributed by atoms with Crippen molar-refractivity contribution in [1.29, 1.82) is 0 Å². The fourth-order valence-electron chi connectivity index (χ4n) is 4.72. The number of rotatable bonds is 8. The molecule has 1 aliphatic carbocycles. The third-order valence-electron chi connectivity index (χ3n) is 6.36. The molecule has 176 valence electrons. The molecule has 0 heterocycles. The Morgan fingerprint density at radius 1 is 1.03 bits per heavy atom. The highest BCUT2D eigenvalue weighted by Gasteiger charge is 2.33. The van der Waals surface area contributed by atoms with Gasteiger partial charge in [0, 0.05) is 16.6 Å². The molecule has 1 aliphatic rings. The standard InChI is InChI=1S/C28H28BrNO4/c1-2-27(31)30-22-14-19(13-20(15-22)28(32)33)23-9-6-10-24(23)25-16-21(29)11-12-26(25)34-17-18-7-4-3-5-8-18/h3-5,7-8,11-16,23-24H,2,6,9-10,17H2,1H3,(H,30,31)(H,32,33). The van der Waals surface area contributed by atoms with Crippen LogP contribution in [0, 0.1) is 0 Å². The van der Waals surface area contributed by atoms with Crippen LogP contribution in [0.2, 0.25) is 0 Å². The summed E-state index contributed by atoms with van der Waals surface area (Å²) in [5, 5.41) is 12.5. The molecule has 2 unspecified atom stereocenters. The van der Waals surface area contributed by atoms with Crippen LogP contribution in [0.15, 0.2) is 71.2 Å². The van der Waals surface area contributed by atoms with Crippen LogP contribution in [0.5, 0.6) is 5.75 Å². The Hall–Kier alpha value is -3.12. The van der Waals surface area contributed by atoms with E-state index in [4.69, 9.17) is 4.74 Å². The number of aromatic carboxylic acids is 1. The molecule has 0 bridgehead atoms. The molecular formula is C28H28BrNO4. The van der Waals surface area contributed by atoms with E-state index < -0.39 is 5.97 Å². The van der Waals surface area contributed by atoms with E-state index in [1.54, 1.807) is 13.0 Å². The van der Waals surface area contributed by atoms with Gasteiger partial charge >= 0.3 is 5.97 Å². The summed E-state index contributed by atoms with van der Waals surface area (Å²) in [7, 11) is 0. The van der Waals surface area contributed by atoms with Crippen LogP contribution in [-0.2, 0) is 11.4 Å². The number of halogens is 1. The molecule has 4 rings (SSSR count). The van der Waals surface area contributed by atoms with Gasteiger partial charge in [0.1, 0.15) is 12.4 Å². The molecule has 0 aliphatic heterocycles. The van der Waals surface area contributed by atoms with Crippen LogP contribution in [-0.4, -0.2) is 17.0 Å². The van der Waals surface area contributed by atoms with Gasteiger partial charge in [-0.15, -0.1) is 0 Å². The van der Waals surface area contributed by atoms with Crippen LogP contribution >= 0.6 is 15.9 Å². The van der Waals surface area contributed by atoms with Gasteiger partial charge in [0.2, 0.25) is 5.91 Å². The molecule has 0 radical (unpaired) electrons. The van der Waals surface area contributed by atoms with Gasteiger partial charge in [-0.25, -0.2) is 4.79 Å². The normalized spacial score (nSPS) is 17.4. The Morgan fingerprint density at radius 3 is 2.53 bits per heavy atom. The number of carbonyl (C=O) groups excluding carboxylic acids is 1. The van der Waals surface area contributed by atoms with Crippen molar-refractivity contribution in [2.45, 2.75) is 51.0 Å². The maximum atomic E-state index is 12.0. The molecule has 2 atom stereocenters. The zero-order valence-corrected chi connectivity index (χ0v) is 20.7. The molecule has 1 saturated carbocycles. The molecule has 0 spiro atoms. The minimum atomic E-state index is -1.00. The van der Waals surface area contributed by atoms with Gasteiger partial charge in [0.15, 0.2) is 0 Å². The van der Waals surface area contributed by atoms with Gasteiger partial charge in [-0.3, -0.25) is 4.79 Å². The summed E-state index contributed by atoms with van der Waals surface area (Å²) in [5.41, 5.74) is 3.87. The van der Waals surface area contributed by atoms with Crippen molar-refractivity contribution >= 4 is 33.5 Å². The number of hydrogen-bond acceptors (Lipinski definition) is 3. The minimum absolute atomic E-state index is 0.130. The van der Waals surface area contributed by atoms with E-state index in [2.05, 4.69) is 27.3 Å². The highest BCUT2D eigenvalue weighted by Crippen LogP contribution is 2.49. The lowest BCUT2D eigenvalue weighted by molar-refractivity contribution is -0.115. The molecular weight excluding hydrogens is 494 g/mol. The van der Waals surface area contributed by atoms with Gasteiger partial charge in [0.25, 0.3) is 0 Å². The molecule has 5 nitrogen and oxygen atoms in total. The number of ether oxygens (including phenoxy) is 1. The topological polar surface area (TPSA) is 75.6 Å². The van der Waals surface area contributed by atoms with Crippen molar-refractivity contribution in [2.24, 2.45) is 0 Å². The number of benzene rings is 3. The Bertz CT molecular complexity index is 1180. The van der Waals surface area contributed by atoms with E-state index in [9.17, 15) is 14.7 Å². The van der Waals surface area contributed by atoms with Crippen molar-refractivity contribution in [3.8, 4) is 5.75 Å². The van der Waals surface area contributed by atoms with Gasteiger partial charge in [-0.1, -0.05) is 59.6 Å². The first kappa shape index (κ1) is 24.0. The van der Waals surface area contributed by atoms with Crippen LogP contribution < -0.4 is 10.1 Å². The number of amides is 1. The highest BCUT2D eigenvalue weighted by molar-refractivity contribution is 9.10. The predicted octanol–water partition coefficient (Wildman–Crippen LogP) is 7.13. The number of anilines is 1. The second-order valence-corrected chi connectivity index (χ2v) is 9.57. The summed E-state index contributed by atoms with van der Waals surface area (Å²) >= 11 is 3.61. The first-order chi connectivity index (χ1) is 16.4. The molecule has 3 aromatic rings. The molecule has 1 amide bonds. The average molecular weight is 522 g/mol. The second kappa shape index (κ2) is 10.9. The summed E-state index contributed by atoms with van der Waals surface area (Å²) in [6.07, 6.45) is 3.29. The minimum Gasteiger partial charge on any atom is -0.489 e. The van der Waals surface area contributed by atoms with Crippen LogP contribution in [0.3, 0.4) is 0 Å². The third-order valence-corrected chi connectivity index (χ3v) is 6.85. The molecule has 2 N–H and O–H groups in total. The van der Waals surface area contributed by atoms with E-state index >= 15 is 0 Å². The fourth-order valence-corrected chi connectivity index (χ4v) is 5.10. The van der Waals surface area contributed by atoms with Crippen molar-refractivity contribution in [3.63, 3.8) is 0 Å². The first-order valence-corrected chi connectivity index (χ1v) is 12.4. The SMILES string of the molecule is CCC(=O)Nc1cc(C(=O)O)cc(C2CCCC2c2cc(Br)ccc2OCc2ccccc2)c1. The largest absolute Gasteiger partial charge is 0.489 e. The summed E-state index contributed by atoms with van der Waals surface area (Å²) in [6, 6.07) is 21.4. The first-order valence-electron chi connectivity index (χ1n) is 11.6. The number of carboxylic acids is 1. The number of carbonyl (C=O) groups is 2. The summed E-state index contributed by atoms with van der Waals surface area (Å²) in [4.78, 5) is 23.8. The molecule has 6 heteroatoms.